The highest BCUT2D eigenvalue weighted by Crippen LogP contribution is 2.36. The van der Waals surface area contributed by atoms with Gasteiger partial charge in [-0.2, -0.15) is 0 Å². The molecular weight excluding hydrogens is 333 g/mol. The lowest BCUT2D eigenvalue weighted by atomic mass is 10.2. The largest absolute Gasteiger partial charge is 0.491 e. The average molecular weight is 351 g/mol. The van der Waals surface area contributed by atoms with Crippen LogP contribution in [0.1, 0.15) is 13.8 Å². The van der Waals surface area contributed by atoms with Crippen molar-refractivity contribution in [2.45, 2.75) is 24.8 Å². The van der Waals surface area contributed by atoms with Crippen LogP contribution in [-0.4, -0.2) is 27.7 Å². The molecule has 0 saturated heterocycles. The minimum atomic E-state index is -3.81. The fourth-order valence-corrected chi connectivity index (χ4v) is 3.96. The van der Waals surface area contributed by atoms with Crippen LogP contribution < -0.4 is 13.8 Å². The molecule has 0 unspecified atom stereocenters. The zero-order chi connectivity index (χ0) is 17.3. The van der Waals surface area contributed by atoms with E-state index in [2.05, 4.69) is 0 Å². The number of anilines is 1. The molecule has 0 atom stereocenters. The molecule has 1 aliphatic rings. The molecule has 0 amide bonds. The van der Waals surface area contributed by atoms with Gasteiger partial charge in [0.05, 0.1) is 23.2 Å². The summed E-state index contributed by atoms with van der Waals surface area (Å²) in [5.41, 5.74) is 0.212. The van der Waals surface area contributed by atoms with E-state index in [1.807, 2.05) is 13.8 Å². The third kappa shape index (κ3) is 3.17. The zero-order valence-corrected chi connectivity index (χ0v) is 14.2. The summed E-state index contributed by atoms with van der Waals surface area (Å²) in [6.07, 6.45) is 0.00144. The number of sulfonamides is 1. The summed E-state index contributed by atoms with van der Waals surface area (Å²) in [6.45, 7) is 4.13. The molecule has 5 nitrogen and oxygen atoms in total. The van der Waals surface area contributed by atoms with E-state index >= 15 is 0 Å². The molecule has 0 bridgehead atoms. The fraction of sp³-hybridized carbons (Fsp3) is 0.294. The molecule has 0 spiro atoms. The van der Waals surface area contributed by atoms with Crippen molar-refractivity contribution in [3.63, 3.8) is 0 Å². The maximum atomic E-state index is 13.5. The third-order valence-corrected chi connectivity index (χ3v) is 5.35. The molecule has 24 heavy (non-hydrogen) atoms. The maximum absolute atomic E-state index is 13.5. The Balaban J connectivity index is 1.96. The van der Waals surface area contributed by atoms with E-state index in [9.17, 15) is 12.8 Å². The van der Waals surface area contributed by atoms with Crippen molar-refractivity contribution in [1.82, 2.24) is 0 Å². The Morgan fingerprint density at radius 1 is 1.17 bits per heavy atom. The first-order valence-electron chi connectivity index (χ1n) is 7.60. The van der Waals surface area contributed by atoms with Gasteiger partial charge in [0.25, 0.3) is 10.0 Å². The summed E-state index contributed by atoms with van der Waals surface area (Å²) in [4.78, 5) is 0.121. The Kier molecular flexibility index (Phi) is 4.36. The van der Waals surface area contributed by atoms with Crippen LogP contribution in [0.5, 0.6) is 11.5 Å². The molecule has 2 aromatic carbocycles. The second kappa shape index (κ2) is 6.32. The average Bonchev–Trinajstić information content (AvgIpc) is 2.54. The molecule has 128 valence electrons. The van der Waals surface area contributed by atoms with Crippen molar-refractivity contribution < 1.29 is 22.3 Å². The van der Waals surface area contributed by atoms with Crippen LogP contribution in [0.15, 0.2) is 47.4 Å². The lowest BCUT2D eigenvalue weighted by Gasteiger charge is -2.30. The second-order valence-electron chi connectivity index (χ2n) is 5.68. The maximum Gasteiger partial charge on any atom is 0.264 e. The smallest absolute Gasteiger partial charge is 0.264 e. The Hall–Kier alpha value is -2.28. The fourth-order valence-electron chi connectivity index (χ4n) is 2.51. The molecule has 0 radical (unpaired) electrons. The Bertz CT molecular complexity index is 834. The van der Waals surface area contributed by atoms with Gasteiger partial charge in [0.2, 0.25) is 0 Å². The van der Waals surface area contributed by atoms with Crippen LogP contribution >= 0.6 is 0 Å². The Labute approximate surface area is 140 Å². The Morgan fingerprint density at radius 2 is 1.88 bits per heavy atom. The normalized spacial score (nSPS) is 14.2. The molecular formula is C17H18FNO4S. The number of ether oxygens (including phenoxy) is 2. The number of fused-ring (bicyclic) bond motifs is 1. The first-order chi connectivity index (χ1) is 11.4. The van der Waals surface area contributed by atoms with E-state index < -0.39 is 15.8 Å². The lowest BCUT2D eigenvalue weighted by molar-refractivity contribution is 0.242. The second-order valence-corrected chi connectivity index (χ2v) is 7.54. The first kappa shape index (κ1) is 16.6. The molecule has 0 fully saturated rings. The van der Waals surface area contributed by atoms with E-state index in [0.717, 1.165) is 0 Å². The third-order valence-electron chi connectivity index (χ3n) is 3.53. The van der Waals surface area contributed by atoms with Crippen LogP contribution in [0.3, 0.4) is 0 Å². The zero-order valence-electron chi connectivity index (χ0n) is 13.4. The molecule has 1 heterocycles. The number of hydrogen-bond acceptors (Lipinski definition) is 4. The topological polar surface area (TPSA) is 55.8 Å². The van der Waals surface area contributed by atoms with Gasteiger partial charge in [-0.1, -0.05) is 0 Å². The summed E-state index contributed by atoms with van der Waals surface area (Å²) in [6, 6.07) is 10.0. The number of hydrogen-bond donors (Lipinski definition) is 0. The minimum absolute atomic E-state index is 0.00144. The van der Waals surface area contributed by atoms with Gasteiger partial charge < -0.3 is 9.47 Å². The van der Waals surface area contributed by atoms with Gasteiger partial charge in [0, 0.05) is 6.07 Å². The van der Waals surface area contributed by atoms with Crippen LogP contribution in [0.2, 0.25) is 0 Å². The first-order valence-corrected chi connectivity index (χ1v) is 9.04. The molecule has 0 N–H and O–H groups in total. The standard InChI is InChI=1S/C17H18FNO4S/c1-12(2)23-14-4-6-15(7-5-14)24(20,21)19-9-10-22-17-8-3-13(18)11-16(17)19/h3-8,11-12H,9-10H2,1-2H3. The highest BCUT2D eigenvalue weighted by Gasteiger charge is 2.30. The Morgan fingerprint density at radius 3 is 2.54 bits per heavy atom. The highest BCUT2D eigenvalue weighted by atomic mass is 32.2. The van der Waals surface area contributed by atoms with E-state index in [1.165, 1.54) is 34.6 Å². The van der Waals surface area contributed by atoms with Crippen LogP contribution in [-0.2, 0) is 10.0 Å². The summed E-state index contributed by atoms with van der Waals surface area (Å²) in [5, 5.41) is 0. The van der Waals surface area contributed by atoms with Gasteiger partial charge in [-0.25, -0.2) is 12.8 Å². The summed E-state index contributed by atoms with van der Waals surface area (Å²) >= 11 is 0. The SMILES string of the molecule is CC(C)Oc1ccc(S(=O)(=O)N2CCOc3ccc(F)cc32)cc1. The monoisotopic (exact) mass is 351 g/mol. The number of nitrogens with zero attached hydrogens (tertiary/aromatic N) is 1. The molecule has 7 heteroatoms. The van der Waals surface area contributed by atoms with Crippen molar-refractivity contribution in [1.29, 1.82) is 0 Å². The van der Waals surface area contributed by atoms with Crippen molar-refractivity contribution in [3.8, 4) is 11.5 Å². The number of rotatable bonds is 4. The molecule has 2 aromatic rings. The van der Waals surface area contributed by atoms with Crippen molar-refractivity contribution >= 4 is 15.7 Å². The molecule has 1 aliphatic heterocycles. The minimum Gasteiger partial charge on any atom is -0.491 e. The van der Waals surface area contributed by atoms with E-state index in [1.54, 1.807) is 12.1 Å². The predicted octanol–water partition coefficient (Wildman–Crippen LogP) is 3.20. The van der Waals surface area contributed by atoms with Crippen molar-refractivity contribution in [3.05, 3.63) is 48.3 Å². The van der Waals surface area contributed by atoms with Gasteiger partial charge in [-0.15, -0.1) is 0 Å². The van der Waals surface area contributed by atoms with Gasteiger partial charge in [-0.05, 0) is 50.2 Å². The van der Waals surface area contributed by atoms with Gasteiger partial charge in [0.1, 0.15) is 23.9 Å². The van der Waals surface area contributed by atoms with E-state index in [0.29, 0.717) is 11.5 Å². The summed E-state index contributed by atoms with van der Waals surface area (Å²) < 4.78 is 51.4. The molecule has 3 rings (SSSR count). The number of benzene rings is 2. The highest BCUT2D eigenvalue weighted by molar-refractivity contribution is 7.92. The van der Waals surface area contributed by atoms with Crippen LogP contribution in [0, 0.1) is 5.82 Å². The van der Waals surface area contributed by atoms with Crippen molar-refractivity contribution in [2.75, 3.05) is 17.5 Å². The summed E-state index contributed by atoms with van der Waals surface area (Å²) in [5.74, 6) is 0.434. The predicted molar refractivity (Wildman–Crippen MR) is 88.6 cm³/mol. The molecule has 0 aromatic heterocycles. The van der Waals surface area contributed by atoms with Gasteiger partial charge in [-0.3, -0.25) is 4.31 Å². The number of halogens is 1. The van der Waals surface area contributed by atoms with E-state index in [-0.39, 0.29) is 29.8 Å². The van der Waals surface area contributed by atoms with Gasteiger partial charge in [0.15, 0.2) is 0 Å². The molecule has 0 saturated carbocycles. The van der Waals surface area contributed by atoms with Gasteiger partial charge >= 0.3 is 0 Å². The van der Waals surface area contributed by atoms with Crippen molar-refractivity contribution in [2.24, 2.45) is 0 Å². The van der Waals surface area contributed by atoms with E-state index in [4.69, 9.17) is 9.47 Å². The molecule has 0 aliphatic carbocycles. The van der Waals surface area contributed by atoms with Crippen LogP contribution in [0.4, 0.5) is 10.1 Å². The summed E-state index contributed by atoms with van der Waals surface area (Å²) in [7, 11) is -3.81. The lowest BCUT2D eigenvalue weighted by Crippen LogP contribution is -2.38. The van der Waals surface area contributed by atoms with Crippen LogP contribution in [0.25, 0.3) is 0 Å². The quantitative estimate of drug-likeness (QED) is 0.849.